The van der Waals surface area contributed by atoms with Gasteiger partial charge in [-0.05, 0) is 37.8 Å². The van der Waals surface area contributed by atoms with Gasteiger partial charge in [0.05, 0.1) is 6.54 Å². The molecular weight excluding hydrogens is 220 g/mol. The van der Waals surface area contributed by atoms with Crippen molar-refractivity contribution in [2.75, 3.05) is 7.05 Å². The third kappa shape index (κ3) is 2.10. The second-order valence-corrected chi connectivity index (χ2v) is 5.80. The van der Waals surface area contributed by atoms with E-state index >= 15 is 0 Å². The van der Waals surface area contributed by atoms with Gasteiger partial charge in [0.1, 0.15) is 0 Å². The van der Waals surface area contributed by atoms with E-state index in [0.29, 0.717) is 6.04 Å². The normalized spacial score (nSPS) is 34.1. The molecule has 0 spiro atoms. The molecule has 2 bridgehead atoms. The smallest absolute Gasteiger partial charge is 0.0639 e. The van der Waals surface area contributed by atoms with E-state index in [1.807, 2.05) is 0 Å². The predicted molar refractivity (Wildman–Crippen MR) is 75.9 cm³/mol. The summed E-state index contributed by atoms with van der Waals surface area (Å²) in [5, 5.41) is 0. The first kappa shape index (κ1) is 11.9. The Bertz CT molecular complexity index is 438. The molecule has 1 aromatic rings. The Labute approximate surface area is 110 Å². The molecule has 0 aliphatic carbocycles. The maximum Gasteiger partial charge on any atom is 0.0639 e. The van der Waals surface area contributed by atoms with E-state index in [9.17, 15) is 0 Å². The average molecular weight is 242 g/mol. The van der Waals surface area contributed by atoms with Crippen LogP contribution in [0.2, 0.25) is 0 Å². The summed E-state index contributed by atoms with van der Waals surface area (Å²) >= 11 is 0. The van der Waals surface area contributed by atoms with Gasteiger partial charge >= 0.3 is 0 Å². The largest absolute Gasteiger partial charge is 0.295 e. The first-order valence-electron chi connectivity index (χ1n) is 7.05. The molecule has 0 saturated carbocycles. The van der Waals surface area contributed by atoms with Gasteiger partial charge in [0.25, 0.3) is 0 Å². The number of aliphatic imine (C=N–C) groups is 1. The zero-order valence-corrected chi connectivity index (χ0v) is 11.3. The number of fused-ring (bicyclic) bond motifs is 2. The lowest BCUT2D eigenvalue weighted by molar-refractivity contribution is 0.198. The minimum Gasteiger partial charge on any atom is -0.295 e. The van der Waals surface area contributed by atoms with Gasteiger partial charge in [0.2, 0.25) is 0 Å². The molecule has 1 unspecified atom stereocenters. The lowest BCUT2D eigenvalue weighted by atomic mass is 9.91. The highest BCUT2D eigenvalue weighted by Crippen LogP contribution is 2.36. The van der Waals surface area contributed by atoms with Crippen molar-refractivity contribution in [2.24, 2.45) is 10.9 Å². The number of rotatable bonds is 2. The molecule has 2 heteroatoms. The van der Waals surface area contributed by atoms with E-state index in [-0.39, 0.29) is 0 Å². The van der Waals surface area contributed by atoms with Crippen LogP contribution in [0, 0.1) is 5.92 Å². The number of benzene rings is 1. The van der Waals surface area contributed by atoms with Crippen molar-refractivity contribution < 1.29 is 0 Å². The van der Waals surface area contributed by atoms with Gasteiger partial charge in [-0.3, -0.25) is 9.89 Å². The Morgan fingerprint density at radius 1 is 1.22 bits per heavy atom. The van der Waals surface area contributed by atoms with E-state index in [2.05, 4.69) is 49.2 Å². The summed E-state index contributed by atoms with van der Waals surface area (Å²) in [6.45, 7) is 3.22. The van der Waals surface area contributed by atoms with Crippen LogP contribution in [0.3, 0.4) is 0 Å². The Morgan fingerprint density at radius 3 is 2.78 bits per heavy atom. The van der Waals surface area contributed by atoms with Crippen LogP contribution in [0.25, 0.3) is 0 Å². The Morgan fingerprint density at radius 2 is 2.00 bits per heavy atom. The maximum absolute atomic E-state index is 4.91. The van der Waals surface area contributed by atoms with Crippen LogP contribution in [0.4, 0.5) is 0 Å². The summed E-state index contributed by atoms with van der Waals surface area (Å²) in [6, 6.07) is 12.0. The van der Waals surface area contributed by atoms with Crippen LogP contribution in [-0.2, 0) is 6.54 Å². The molecule has 2 nitrogen and oxygen atoms in total. The Balaban J connectivity index is 1.76. The van der Waals surface area contributed by atoms with E-state index in [1.165, 1.54) is 30.5 Å². The third-order valence-electron chi connectivity index (χ3n) is 4.63. The van der Waals surface area contributed by atoms with Gasteiger partial charge in [0, 0.05) is 17.8 Å². The van der Waals surface area contributed by atoms with Crippen molar-refractivity contribution in [3.05, 3.63) is 35.9 Å². The molecule has 0 N–H and O–H groups in total. The lowest BCUT2D eigenvalue weighted by Crippen LogP contribution is -2.46. The number of hydrogen-bond donors (Lipinski definition) is 0. The Hall–Kier alpha value is -1.15. The molecule has 96 valence electrons. The van der Waals surface area contributed by atoms with E-state index < -0.39 is 0 Å². The van der Waals surface area contributed by atoms with Gasteiger partial charge in [0.15, 0.2) is 0 Å². The second kappa shape index (κ2) is 4.85. The molecule has 18 heavy (non-hydrogen) atoms. The van der Waals surface area contributed by atoms with Crippen molar-refractivity contribution in [2.45, 2.75) is 44.8 Å². The summed E-state index contributed by atoms with van der Waals surface area (Å²) in [5.41, 5.74) is 2.75. The molecule has 2 saturated heterocycles. The summed E-state index contributed by atoms with van der Waals surface area (Å²) in [4.78, 5) is 7.46. The van der Waals surface area contributed by atoms with Crippen LogP contribution < -0.4 is 0 Å². The maximum atomic E-state index is 4.91. The van der Waals surface area contributed by atoms with Crippen molar-refractivity contribution in [1.82, 2.24) is 4.90 Å². The second-order valence-electron chi connectivity index (χ2n) is 5.80. The quantitative estimate of drug-likeness (QED) is 0.778. The first-order chi connectivity index (χ1) is 8.75. The fourth-order valence-corrected chi connectivity index (χ4v) is 3.60. The number of nitrogens with zero attached hydrogens (tertiary/aromatic N) is 2. The summed E-state index contributed by atoms with van der Waals surface area (Å²) in [6.07, 6.45) is 3.86. The molecule has 2 fully saturated rings. The van der Waals surface area contributed by atoms with Gasteiger partial charge in [-0.25, -0.2) is 0 Å². The van der Waals surface area contributed by atoms with E-state index in [1.54, 1.807) is 0 Å². The fraction of sp³-hybridized carbons (Fsp3) is 0.562. The van der Waals surface area contributed by atoms with Crippen LogP contribution in [0.1, 0.15) is 31.7 Å². The van der Waals surface area contributed by atoms with Gasteiger partial charge < -0.3 is 0 Å². The van der Waals surface area contributed by atoms with E-state index in [4.69, 9.17) is 4.99 Å². The zero-order valence-electron chi connectivity index (χ0n) is 11.3. The van der Waals surface area contributed by atoms with Gasteiger partial charge in [-0.1, -0.05) is 37.3 Å². The van der Waals surface area contributed by atoms with Crippen molar-refractivity contribution in [3.8, 4) is 0 Å². The van der Waals surface area contributed by atoms with Gasteiger partial charge in [-0.2, -0.15) is 0 Å². The molecule has 3 rings (SSSR count). The molecule has 3 atom stereocenters. The highest BCUT2D eigenvalue weighted by atomic mass is 15.2. The van der Waals surface area contributed by atoms with E-state index in [0.717, 1.165) is 18.5 Å². The van der Waals surface area contributed by atoms with Crippen LogP contribution >= 0.6 is 0 Å². The molecular formula is C16H22N2. The lowest BCUT2D eigenvalue weighted by Gasteiger charge is -2.36. The van der Waals surface area contributed by atoms with Crippen molar-refractivity contribution in [3.63, 3.8) is 0 Å². The molecule has 1 aromatic carbocycles. The van der Waals surface area contributed by atoms with Crippen molar-refractivity contribution >= 4 is 5.71 Å². The van der Waals surface area contributed by atoms with Crippen LogP contribution in [0.15, 0.2) is 35.3 Å². The third-order valence-corrected chi connectivity index (χ3v) is 4.63. The minimum atomic E-state index is 0.620. The van der Waals surface area contributed by atoms with Gasteiger partial charge in [-0.15, -0.1) is 0 Å². The Kier molecular flexibility index (Phi) is 3.21. The molecule has 0 amide bonds. The fourth-order valence-electron chi connectivity index (χ4n) is 3.60. The summed E-state index contributed by atoms with van der Waals surface area (Å²) < 4.78 is 0. The summed E-state index contributed by atoms with van der Waals surface area (Å²) in [7, 11) is 2.27. The van der Waals surface area contributed by atoms with Crippen molar-refractivity contribution in [1.29, 1.82) is 0 Å². The SMILES string of the molecule is CC1CC(=NCc2ccccc2)[C@H]2CC[C@@H]1N2C. The minimum absolute atomic E-state index is 0.620. The standard InChI is InChI=1S/C16H22N2/c1-12-10-14(16-9-8-15(12)18(16)2)17-11-13-6-4-3-5-7-13/h3-7,12,15-16H,8-11H2,1-2H3/t12?,15-,16+/m0/s1. The summed E-state index contributed by atoms with van der Waals surface area (Å²) in [5.74, 6) is 0.767. The molecule has 2 aliphatic rings. The molecule has 2 heterocycles. The van der Waals surface area contributed by atoms with Crippen LogP contribution in [0.5, 0.6) is 0 Å². The highest BCUT2D eigenvalue weighted by molar-refractivity contribution is 5.91. The average Bonchev–Trinajstić information content (AvgIpc) is 2.68. The number of hydrogen-bond acceptors (Lipinski definition) is 2. The predicted octanol–water partition coefficient (Wildman–Crippen LogP) is 3.13. The monoisotopic (exact) mass is 242 g/mol. The zero-order chi connectivity index (χ0) is 12.5. The van der Waals surface area contributed by atoms with Crippen LogP contribution in [-0.4, -0.2) is 29.7 Å². The molecule has 0 radical (unpaired) electrons. The highest BCUT2D eigenvalue weighted by Gasteiger charge is 2.41. The topological polar surface area (TPSA) is 15.6 Å². The molecule has 2 aliphatic heterocycles. The number of piperidine rings is 1. The first-order valence-corrected chi connectivity index (χ1v) is 7.05. The molecule has 0 aromatic heterocycles.